The first-order chi connectivity index (χ1) is 11.9. The predicted octanol–water partition coefficient (Wildman–Crippen LogP) is 1.56. The van der Waals surface area contributed by atoms with E-state index in [0.717, 1.165) is 10.6 Å². The molecule has 138 valence electrons. The molecule has 25 heavy (non-hydrogen) atoms. The Morgan fingerprint density at radius 3 is 2.08 bits per heavy atom. The number of hydrogen-bond acceptors (Lipinski definition) is 5. The highest BCUT2D eigenvalue weighted by Gasteiger charge is 2.27. The minimum atomic E-state index is -0.327. The summed E-state index contributed by atoms with van der Waals surface area (Å²) in [5, 5.41) is 0. The maximum Gasteiger partial charge on any atom is 0.328 e. The van der Waals surface area contributed by atoms with Crippen molar-refractivity contribution in [3.63, 3.8) is 0 Å². The Balaban J connectivity index is 2.00. The van der Waals surface area contributed by atoms with Gasteiger partial charge in [0.1, 0.15) is 0 Å². The van der Waals surface area contributed by atoms with Crippen LogP contribution in [0.2, 0.25) is 0 Å². The summed E-state index contributed by atoms with van der Waals surface area (Å²) >= 11 is 0. The Bertz CT molecular complexity index is 627. The molecule has 0 radical (unpaired) electrons. The number of piperazine rings is 1. The topological polar surface area (TPSA) is 65.6 Å². The van der Waals surface area contributed by atoms with E-state index in [-0.39, 0.29) is 12.1 Å². The second kappa shape index (κ2) is 7.96. The molecule has 4 amide bonds. The second-order valence-electron chi connectivity index (χ2n) is 6.03. The van der Waals surface area contributed by atoms with E-state index in [1.54, 1.807) is 33.2 Å². The van der Waals surface area contributed by atoms with E-state index >= 15 is 0 Å². The van der Waals surface area contributed by atoms with Gasteiger partial charge in [0.2, 0.25) is 0 Å². The molecule has 0 aromatic heterocycles. The first-order valence-electron chi connectivity index (χ1n) is 8.10. The van der Waals surface area contributed by atoms with E-state index in [2.05, 4.69) is 4.90 Å². The van der Waals surface area contributed by atoms with Gasteiger partial charge in [-0.3, -0.25) is 0 Å². The maximum absolute atomic E-state index is 12.4. The Kier molecular flexibility index (Phi) is 5.95. The van der Waals surface area contributed by atoms with Crippen molar-refractivity contribution in [3.05, 3.63) is 18.2 Å². The molecule has 1 fully saturated rings. The highest BCUT2D eigenvalue weighted by atomic mass is 16.5. The molecule has 0 spiro atoms. The molecule has 0 saturated carbocycles. The molecule has 8 nitrogen and oxygen atoms in total. The molecule has 8 heteroatoms. The second-order valence-corrected chi connectivity index (χ2v) is 6.03. The van der Waals surface area contributed by atoms with Crippen LogP contribution in [0.25, 0.3) is 0 Å². The van der Waals surface area contributed by atoms with Gasteiger partial charge in [-0.05, 0) is 12.1 Å². The van der Waals surface area contributed by atoms with E-state index in [0.29, 0.717) is 37.7 Å². The Morgan fingerprint density at radius 1 is 0.960 bits per heavy atom. The Morgan fingerprint density at radius 2 is 1.56 bits per heavy atom. The van der Waals surface area contributed by atoms with E-state index in [1.165, 1.54) is 11.9 Å². The molecule has 0 bridgehead atoms. The van der Waals surface area contributed by atoms with Crippen molar-refractivity contribution in [2.24, 2.45) is 0 Å². The summed E-state index contributed by atoms with van der Waals surface area (Å²) in [7, 11) is 7.97. The first-order valence-corrected chi connectivity index (χ1v) is 8.10. The van der Waals surface area contributed by atoms with Crippen LogP contribution in [0.1, 0.15) is 0 Å². The molecular formula is C17H26N4O4. The van der Waals surface area contributed by atoms with Crippen LogP contribution in [0.4, 0.5) is 15.3 Å². The maximum atomic E-state index is 12.4. The lowest BCUT2D eigenvalue weighted by atomic mass is 10.2. The fraction of sp³-hybridized carbons (Fsp3) is 0.529. The third kappa shape index (κ3) is 4.07. The number of imide groups is 1. The van der Waals surface area contributed by atoms with Gasteiger partial charge < -0.3 is 24.2 Å². The largest absolute Gasteiger partial charge is 0.493 e. The average molecular weight is 350 g/mol. The minimum Gasteiger partial charge on any atom is -0.493 e. The Hall–Kier alpha value is -2.64. The van der Waals surface area contributed by atoms with Crippen LogP contribution in [-0.4, -0.2) is 88.3 Å². The molecule has 1 aliphatic rings. The van der Waals surface area contributed by atoms with Gasteiger partial charge in [-0.25, -0.2) is 14.5 Å². The number of carbonyl (C=O) groups excluding carboxylic acids is 2. The van der Waals surface area contributed by atoms with Crippen LogP contribution in [0.3, 0.4) is 0 Å². The molecular weight excluding hydrogens is 324 g/mol. The third-order valence-corrected chi connectivity index (χ3v) is 4.24. The van der Waals surface area contributed by atoms with Crippen LogP contribution in [0, 0.1) is 0 Å². The van der Waals surface area contributed by atoms with Crippen LogP contribution < -0.4 is 14.4 Å². The van der Waals surface area contributed by atoms with Gasteiger partial charge in [-0.15, -0.1) is 0 Å². The molecule has 0 N–H and O–H groups in total. The molecule has 0 aliphatic carbocycles. The highest BCUT2D eigenvalue weighted by molar-refractivity contribution is 5.93. The van der Waals surface area contributed by atoms with Crippen molar-refractivity contribution >= 4 is 17.7 Å². The average Bonchev–Trinajstić information content (AvgIpc) is 2.65. The molecule has 0 atom stereocenters. The quantitative estimate of drug-likeness (QED) is 0.828. The number of ether oxygens (including phenoxy) is 2. The Labute approximate surface area is 148 Å². The summed E-state index contributed by atoms with van der Waals surface area (Å²) < 4.78 is 10.6. The first kappa shape index (κ1) is 18.7. The van der Waals surface area contributed by atoms with Crippen molar-refractivity contribution in [1.29, 1.82) is 0 Å². The van der Waals surface area contributed by atoms with Crippen molar-refractivity contribution in [2.75, 3.05) is 66.4 Å². The van der Waals surface area contributed by atoms with E-state index < -0.39 is 0 Å². The molecule has 1 aromatic carbocycles. The van der Waals surface area contributed by atoms with Crippen LogP contribution >= 0.6 is 0 Å². The summed E-state index contributed by atoms with van der Waals surface area (Å²) in [5.41, 5.74) is 1.02. The number of carbonyl (C=O) groups is 2. The number of urea groups is 2. The number of rotatable bonds is 3. The number of methoxy groups -OCH3 is 2. The molecule has 1 aromatic rings. The zero-order valence-electron chi connectivity index (χ0n) is 15.5. The fourth-order valence-electron chi connectivity index (χ4n) is 2.77. The van der Waals surface area contributed by atoms with Crippen molar-refractivity contribution in [2.45, 2.75) is 0 Å². The number of anilines is 1. The lowest BCUT2D eigenvalue weighted by Crippen LogP contribution is -2.54. The lowest BCUT2D eigenvalue weighted by molar-refractivity contribution is 0.149. The molecule has 1 saturated heterocycles. The minimum absolute atomic E-state index is 0.273. The van der Waals surface area contributed by atoms with Crippen LogP contribution in [0.5, 0.6) is 11.5 Å². The predicted molar refractivity (Wildman–Crippen MR) is 95.6 cm³/mol. The summed E-state index contributed by atoms with van der Waals surface area (Å²) in [4.78, 5) is 30.7. The van der Waals surface area contributed by atoms with Gasteiger partial charge in [0.15, 0.2) is 11.5 Å². The zero-order chi connectivity index (χ0) is 18.6. The van der Waals surface area contributed by atoms with Crippen LogP contribution in [-0.2, 0) is 0 Å². The summed E-state index contributed by atoms with van der Waals surface area (Å²) in [6.07, 6.45) is 0. The normalized spacial score (nSPS) is 14.1. The van der Waals surface area contributed by atoms with E-state index in [9.17, 15) is 9.59 Å². The summed E-state index contributed by atoms with van der Waals surface area (Å²) in [6.45, 7) is 2.48. The number of benzene rings is 1. The van der Waals surface area contributed by atoms with Gasteiger partial charge in [-0.2, -0.15) is 0 Å². The standard InChI is InChI=1S/C17H26N4O4/c1-18(2)16(22)19(3)17(23)21-10-8-20(9-11-21)13-6-7-14(24-4)15(12-13)25-5/h6-7,12H,8-11H2,1-5H3. The van der Waals surface area contributed by atoms with Gasteiger partial charge in [0.05, 0.1) is 14.2 Å². The van der Waals surface area contributed by atoms with Crippen molar-refractivity contribution in [3.8, 4) is 11.5 Å². The SMILES string of the molecule is COc1ccc(N2CCN(C(=O)N(C)C(=O)N(C)C)CC2)cc1OC. The number of nitrogens with zero attached hydrogens (tertiary/aromatic N) is 4. The van der Waals surface area contributed by atoms with Gasteiger partial charge in [0, 0.05) is 59.1 Å². The summed E-state index contributed by atoms with van der Waals surface area (Å²) in [5.74, 6) is 1.36. The van der Waals surface area contributed by atoms with Gasteiger partial charge in [-0.1, -0.05) is 0 Å². The lowest BCUT2D eigenvalue weighted by Gasteiger charge is -2.37. The molecule has 1 heterocycles. The zero-order valence-corrected chi connectivity index (χ0v) is 15.5. The van der Waals surface area contributed by atoms with Crippen molar-refractivity contribution < 1.29 is 19.1 Å². The molecule has 0 unspecified atom stereocenters. The summed E-state index contributed by atoms with van der Waals surface area (Å²) in [6, 6.07) is 5.17. The van der Waals surface area contributed by atoms with Crippen molar-refractivity contribution in [1.82, 2.24) is 14.7 Å². The number of hydrogen-bond donors (Lipinski definition) is 0. The van der Waals surface area contributed by atoms with E-state index in [1.807, 2.05) is 18.2 Å². The van der Waals surface area contributed by atoms with E-state index in [4.69, 9.17) is 9.47 Å². The monoisotopic (exact) mass is 350 g/mol. The third-order valence-electron chi connectivity index (χ3n) is 4.24. The van der Waals surface area contributed by atoms with Crippen LogP contribution in [0.15, 0.2) is 18.2 Å². The highest BCUT2D eigenvalue weighted by Crippen LogP contribution is 2.31. The fourth-order valence-corrected chi connectivity index (χ4v) is 2.77. The molecule has 2 rings (SSSR count). The van der Waals surface area contributed by atoms with Gasteiger partial charge >= 0.3 is 12.1 Å². The molecule has 1 aliphatic heterocycles. The van der Waals surface area contributed by atoms with Gasteiger partial charge in [0.25, 0.3) is 0 Å². The smallest absolute Gasteiger partial charge is 0.328 e. The number of amides is 4.